The third-order valence-corrected chi connectivity index (χ3v) is 10.1. The number of methoxy groups -OCH3 is 2. The highest BCUT2D eigenvalue weighted by Gasteiger charge is 2.46. The topological polar surface area (TPSA) is 109 Å². The van der Waals surface area contributed by atoms with Gasteiger partial charge in [-0.1, -0.05) is 71.9 Å². The molecule has 4 atom stereocenters. The van der Waals surface area contributed by atoms with Gasteiger partial charge in [0.2, 0.25) is 0 Å². The normalized spacial score (nSPS) is 23.7. The molecule has 3 heterocycles. The second kappa shape index (κ2) is 17.4. The van der Waals surface area contributed by atoms with E-state index in [9.17, 15) is 4.79 Å². The van der Waals surface area contributed by atoms with Gasteiger partial charge in [-0.25, -0.2) is 4.79 Å². The number of nitrogens with one attached hydrogen (secondary N) is 1. The number of amides is 2. The Labute approximate surface area is 311 Å². The first kappa shape index (κ1) is 36.7. The Morgan fingerprint density at radius 3 is 2.25 bits per heavy atom. The van der Waals surface area contributed by atoms with Gasteiger partial charge < -0.3 is 33.3 Å². The molecule has 11 nitrogen and oxygen atoms in total. The van der Waals surface area contributed by atoms with Crippen molar-refractivity contribution < 1.29 is 38.1 Å². The third-order valence-electron chi connectivity index (χ3n) is 10.1. The largest absolute Gasteiger partial charge is 0.497 e. The summed E-state index contributed by atoms with van der Waals surface area (Å²) < 4.78 is 37.6. The van der Waals surface area contributed by atoms with E-state index in [2.05, 4.69) is 34.8 Å². The van der Waals surface area contributed by atoms with Gasteiger partial charge in [-0.2, -0.15) is 0 Å². The van der Waals surface area contributed by atoms with Crippen molar-refractivity contribution in [1.82, 2.24) is 10.2 Å². The van der Waals surface area contributed by atoms with E-state index in [1.807, 2.05) is 73.2 Å². The Bertz CT molecular complexity index is 1700. The van der Waals surface area contributed by atoms with Gasteiger partial charge in [0, 0.05) is 24.6 Å². The molecule has 53 heavy (non-hydrogen) atoms. The van der Waals surface area contributed by atoms with Crippen LogP contribution in [-0.2, 0) is 29.4 Å². The molecule has 1 aliphatic carbocycles. The van der Waals surface area contributed by atoms with E-state index < -0.39 is 24.0 Å². The highest BCUT2D eigenvalue weighted by molar-refractivity contribution is 6.09. The Hall–Kier alpha value is -4.68. The molecule has 1 fully saturated rings. The lowest BCUT2D eigenvalue weighted by Crippen LogP contribution is -2.53. The molecule has 1 unspecified atom stereocenters. The quantitative estimate of drug-likeness (QED) is 0.109. The molecule has 0 saturated carbocycles. The summed E-state index contributed by atoms with van der Waals surface area (Å²) in [6.07, 6.45) is 12.5. The van der Waals surface area contributed by atoms with Crippen LogP contribution in [0.25, 0.3) is 0 Å². The second-order valence-electron chi connectivity index (χ2n) is 13.4. The van der Waals surface area contributed by atoms with Gasteiger partial charge in [0.25, 0.3) is 0 Å². The minimum Gasteiger partial charge on any atom is -0.497 e. The maximum atomic E-state index is 13.5. The van der Waals surface area contributed by atoms with Crippen molar-refractivity contribution in [2.45, 2.75) is 68.7 Å². The molecular weight excluding hydrogens is 674 g/mol. The van der Waals surface area contributed by atoms with E-state index in [-0.39, 0.29) is 18.7 Å². The van der Waals surface area contributed by atoms with Crippen molar-refractivity contribution in [2.24, 2.45) is 5.16 Å². The molecule has 2 amide bonds. The summed E-state index contributed by atoms with van der Waals surface area (Å²) in [5.41, 5.74) is 2.58. The summed E-state index contributed by atoms with van der Waals surface area (Å²) in [5.74, 6) is 1.90. The molecule has 1 radical (unpaired) electrons. The first-order valence-corrected chi connectivity index (χ1v) is 18.4. The summed E-state index contributed by atoms with van der Waals surface area (Å²) in [7, 11) is 3.30. The highest BCUT2D eigenvalue weighted by Crippen LogP contribution is 2.42. The van der Waals surface area contributed by atoms with E-state index >= 15 is 0 Å². The molecule has 3 aromatic carbocycles. The Morgan fingerprint density at radius 2 is 1.53 bits per heavy atom. The number of ether oxygens (including phenoxy) is 6. The van der Waals surface area contributed by atoms with Crippen LogP contribution in [0.4, 0.5) is 4.79 Å². The fourth-order valence-electron chi connectivity index (χ4n) is 7.29. The molecule has 0 bridgehead atoms. The van der Waals surface area contributed by atoms with Crippen LogP contribution in [0.2, 0.25) is 0 Å². The molecule has 11 heteroatoms. The van der Waals surface area contributed by atoms with Gasteiger partial charge in [0.15, 0.2) is 12.1 Å². The lowest BCUT2D eigenvalue weighted by atomic mass is 9.80. The predicted octanol–water partition coefficient (Wildman–Crippen LogP) is 6.88. The second-order valence-corrected chi connectivity index (χ2v) is 13.4. The number of rotatable bonds is 14. The maximum Gasteiger partial charge on any atom is 0.329 e. The molecule has 7 rings (SSSR count). The number of nitrogens with zero attached hydrogens (tertiary/aromatic N) is 2. The fourth-order valence-corrected chi connectivity index (χ4v) is 7.29. The Morgan fingerprint density at radius 1 is 0.849 bits per heavy atom. The average Bonchev–Trinajstić information content (AvgIpc) is 3.60. The van der Waals surface area contributed by atoms with E-state index in [4.69, 9.17) is 33.3 Å². The van der Waals surface area contributed by atoms with Crippen LogP contribution in [0, 0.1) is 6.42 Å². The average molecular weight is 723 g/mol. The number of amidine groups is 1. The molecule has 1 N–H and O–H groups in total. The lowest BCUT2D eigenvalue weighted by Gasteiger charge is -2.37. The van der Waals surface area contributed by atoms with Crippen LogP contribution in [0.15, 0.2) is 108 Å². The van der Waals surface area contributed by atoms with Gasteiger partial charge in [0.05, 0.1) is 46.2 Å². The number of hydrogen-bond donors (Lipinski definition) is 1. The number of hydrogen-bond acceptors (Lipinski definition) is 9. The van der Waals surface area contributed by atoms with Crippen LogP contribution in [0.3, 0.4) is 0 Å². The summed E-state index contributed by atoms with van der Waals surface area (Å²) >= 11 is 0. The maximum absolute atomic E-state index is 13.5. The van der Waals surface area contributed by atoms with Crippen molar-refractivity contribution in [3.8, 4) is 11.5 Å². The number of benzene rings is 3. The Kier molecular flexibility index (Phi) is 12.1. The van der Waals surface area contributed by atoms with Crippen molar-refractivity contribution >= 4 is 11.9 Å². The number of carbonyl (C=O) groups is 1. The lowest BCUT2D eigenvalue weighted by molar-refractivity contribution is -0.107. The minimum atomic E-state index is -1.04. The van der Waals surface area contributed by atoms with Crippen molar-refractivity contribution in [1.29, 1.82) is 0 Å². The number of allylic oxidation sites excluding steroid dienone is 2. The number of carbonyl (C=O) groups excluding carboxylic acids is 1. The van der Waals surface area contributed by atoms with Gasteiger partial charge >= 0.3 is 6.03 Å². The van der Waals surface area contributed by atoms with Crippen molar-refractivity contribution in [3.05, 3.63) is 126 Å². The number of oxime groups is 1. The minimum absolute atomic E-state index is 0.155. The zero-order valence-electron chi connectivity index (χ0n) is 30.4. The van der Waals surface area contributed by atoms with Crippen LogP contribution in [-0.4, -0.2) is 82.0 Å². The summed E-state index contributed by atoms with van der Waals surface area (Å²) in [6, 6.07) is 25.6. The van der Waals surface area contributed by atoms with E-state index in [1.54, 1.807) is 25.3 Å². The van der Waals surface area contributed by atoms with Crippen LogP contribution in [0.5, 0.6) is 11.5 Å². The van der Waals surface area contributed by atoms with Gasteiger partial charge in [-0.05, 0) is 73.1 Å². The fraction of sp³-hybridized carbons (Fsp3) is 0.405. The molecule has 3 aromatic rings. The van der Waals surface area contributed by atoms with Crippen LogP contribution in [0.1, 0.15) is 55.2 Å². The monoisotopic (exact) mass is 722 g/mol. The molecule has 4 aliphatic rings. The molecular formula is C42H48N3O8. The molecule has 0 spiro atoms. The van der Waals surface area contributed by atoms with Crippen molar-refractivity contribution in [2.75, 3.05) is 40.6 Å². The predicted molar refractivity (Wildman–Crippen MR) is 199 cm³/mol. The molecule has 279 valence electrons. The summed E-state index contributed by atoms with van der Waals surface area (Å²) in [6.45, 7) is 1.38. The van der Waals surface area contributed by atoms with Crippen LogP contribution >= 0.6 is 0 Å². The molecule has 1 saturated heterocycles. The van der Waals surface area contributed by atoms with E-state index in [1.165, 1.54) is 0 Å². The SMILES string of the molecule is COc1ccc(C(OC[C@H]2[CH][C@@H](OCCOC3CC/C=C/CCC3)[C@H](N3C=C4CCON=C4NC3=O)O2)(c2ccccc2)c2ccc(OC)cc2)cc1. The number of urea groups is 1. The summed E-state index contributed by atoms with van der Waals surface area (Å²) in [5, 5.41) is 6.89. The van der Waals surface area contributed by atoms with Gasteiger partial charge in [-0.15, -0.1) is 0 Å². The van der Waals surface area contributed by atoms with E-state index in [0.29, 0.717) is 32.1 Å². The highest BCUT2D eigenvalue weighted by atomic mass is 16.6. The first-order chi connectivity index (χ1) is 26.1. The Balaban J connectivity index is 1.15. The number of fused-ring (bicyclic) bond motifs is 1. The zero-order valence-corrected chi connectivity index (χ0v) is 30.4. The van der Waals surface area contributed by atoms with Gasteiger partial charge in [-0.3, -0.25) is 10.2 Å². The zero-order chi connectivity index (χ0) is 36.5. The molecule has 3 aliphatic heterocycles. The molecule has 0 aromatic heterocycles. The summed E-state index contributed by atoms with van der Waals surface area (Å²) in [4.78, 5) is 20.2. The smallest absolute Gasteiger partial charge is 0.329 e. The van der Waals surface area contributed by atoms with Crippen LogP contribution < -0.4 is 14.8 Å². The third kappa shape index (κ3) is 8.44. The van der Waals surface area contributed by atoms with Crippen molar-refractivity contribution in [3.63, 3.8) is 0 Å². The van der Waals surface area contributed by atoms with Gasteiger partial charge in [0.1, 0.15) is 29.8 Å². The first-order valence-electron chi connectivity index (χ1n) is 18.4. The standard InChI is InChI=1S/C42H48N3O8/c1-47-34-19-15-32(16-20-34)42(31-11-7-6-8-12-31,33-17-21-35(48-2)22-18-33)51-29-37-27-38(50-26-25-49-36-13-9-4-3-5-10-14-36)40(53-37)45-28-30-23-24-52-44-39(30)43-41(45)46/h3-4,6-8,11-12,15-22,27-28,36-38,40H,5,9-10,13-14,23-26,29H2,1-2H3,(H,43,44,46)/b4-3+/t36?,37-,38-,40-/m1/s1. The van der Waals surface area contributed by atoms with E-state index in [0.717, 1.165) is 65.9 Å².